The van der Waals surface area contributed by atoms with Crippen molar-refractivity contribution in [2.45, 2.75) is 0 Å². The Morgan fingerprint density at radius 1 is 0.900 bits per heavy atom. The van der Waals surface area contributed by atoms with Gasteiger partial charge in [-0.25, -0.2) is 4.98 Å². The average Bonchev–Trinajstić information content (AvgIpc) is 3.29. The summed E-state index contributed by atoms with van der Waals surface area (Å²) < 4.78 is 0. The molecule has 0 spiro atoms. The van der Waals surface area contributed by atoms with Gasteiger partial charge in [-0.2, -0.15) is 0 Å². The van der Waals surface area contributed by atoms with Crippen LogP contribution in [-0.4, -0.2) is 28.3 Å². The number of carbonyl (C=O) groups excluding carboxylic acids is 2. The van der Waals surface area contributed by atoms with Crippen LogP contribution in [0.25, 0.3) is 22.0 Å². The van der Waals surface area contributed by atoms with Gasteiger partial charge in [0.05, 0.1) is 17.9 Å². The van der Waals surface area contributed by atoms with Crippen molar-refractivity contribution in [2.24, 2.45) is 0 Å². The lowest BCUT2D eigenvalue weighted by molar-refractivity contribution is -0.115. The lowest BCUT2D eigenvalue weighted by atomic mass is 10.1. The maximum atomic E-state index is 12.2. The lowest BCUT2D eigenvalue weighted by Crippen LogP contribution is -2.32. The summed E-state index contributed by atoms with van der Waals surface area (Å²) in [5, 5.41) is 8.23. The van der Waals surface area contributed by atoms with Crippen LogP contribution in [0.2, 0.25) is 0 Å². The highest BCUT2D eigenvalue weighted by atomic mass is 32.1. The van der Waals surface area contributed by atoms with E-state index < -0.39 is 0 Å². The van der Waals surface area contributed by atoms with Crippen molar-refractivity contribution in [3.63, 3.8) is 0 Å². The number of rotatable bonds is 6. The molecular formula is C23H18N4O2S. The van der Waals surface area contributed by atoms with E-state index in [9.17, 15) is 9.59 Å². The van der Waals surface area contributed by atoms with Crippen LogP contribution < -0.4 is 10.6 Å². The van der Waals surface area contributed by atoms with Crippen molar-refractivity contribution in [3.05, 3.63) is 89.9 Å². The summed E-state index contributed by atoms with van der Waals surface area (Å²) in [6.07, 6.45) is 1.74. The first-order chi connectivity index (χ1) is 14.7. The Kier molecular flexibility index (Phi) is 5.91. The number of hydrogen-bond donors (Lipinski definition) is 2. The molecule has 0 aliphatic rings. The Morgan fingerprint density at radius 2 is 1.73 bits per heavy atom. The molecular weight excluding hydrogens is 396 g/mol. The molecule has 148 valence electrons. The Bertz CT molecular complexity index is 1160. The Morgan fingerprint density at radius 3 is 2.53 bits per heavy atom. The predicted molar refractivity (Wildman–Crippen MR) is 118 cm³/mol. The molecule has 2 amide bonds. The third-order valence-electron chi connectivity index (χ3n) is 4.28. The van der Waals surface area contributed by atoms with Gasteiger partial charge in [0, 0.05) is 28.4 Å². The lowest BCUT2D eigenvalue weighted by Gasteiger charge is -2.08. The minimum Gasteiger partial charge on any atom is -0.343 e. The Balaban J connectivity index is 1.39. The van der Waals surface area contributed by atoms with Gasteiger partial charge in [-0.05, 0) is 36.4 Å². The molecule has 2 heterocycles. The van der Waals surface area contributed by atoms with E-state index in [0.29, 0.717) is 11.3 Å². The molecule has 0 radical (unpaired) electrons. The van der Waals surface area contributed by atoms with Crippen LogP contribution >= 0.6 is 11.3 Å². The van der Waals surface area contributed by atoms with Crippen LogP contribution in [0.15, 0.2) is 84.4 Å². The number of anilines is 1. The van der Waals surface area contributed by atoms with E-state index in [1.807, 2.05) is 47.8 Å². The third-order valence-corrected chi connectivity index (χ3v) is 5.14. The predicted octanol–water partition coefficient (Wildman–Crippen LogP) is 4.24. The van der Waals surface area contributed by atoms with Crippen molar-refractivity contribution in [3.8, 4) is 22.0 Å². The van der Waals surface area contributed by atoms with E-state index in [0.717, 1.165) is 22.0 Å². The number of nitrogens with one attached hydrogen (secondary N) is 2. The van der Waals surface area contributed by atoms with Gasteiger partial charge in [0.2, 0.25) is 5.91 Å². The monoisotopic (exact) mass is 414 g/mol. The minimum absolute atomic E-state index is 0.113. The SMILES string of the molecule is O=C(CNC(=O)c1ccccc1)Nc1cccc(-c2csc(-c3ccccn3)n2)c1. The second-order valence-corrected chi connectivity index (χ2v) is 7.29. The molecule has 2 N–H and O–H groups in total. The topological polar surface area (TPSA) is 84.0 Å². The molecule has 0 aliphatic carbocycles. The quantitative estimate of drug-likeness (QED) is 0.494. The zero-order valence-corrected chi connectivity index (χ0v) is 16.7. The molecule has 6 nitrogen and oxygen atoms in total. The summed E-state index contributed by atoms with van der Waals surface area (Å²) in [5.74, 6) is -0.590. The molecule has 2 aromatic heterocycles. The van der Waals surface area contributed by atoms with E-state index in [2.05, 4.69) is 20.6 Å². The van der Waals surface area contributed by atoms with Gasteiger partial charge in [-0.1, -0.05) is 36.4 Å². The molecule has 0 unspecified atom stereocenters. The molecule has 0 bridgehead atoms. The van der Waals surface area contributed by atoms with Crippen LogP contribution in [0, 0.1) is 0 Å². The normalized spacial score (nSPS) is 10.4. The number of hydrogen-bond acceptors (Lipinski definition) is 5. The number of benzene rings is 2. The molecule has 30 heavy (non-hydrogen) atoms. The number of carbonyl (C=O) groups is 2. The molecule has 0 saturated heterocycles. The van der Waals surface area contributed by atoms with Gasteiger partial charge in [0.25, 0.3) is 5.91 Å². The first-order valence-corrected chi connectivity index (χ1v) is 10.2. The second kappa shape index (κ2) is 9.11. The van der Waals surface area contributed by atoms with Gasteiger partial charge in [-0.15, -0.1) is 11.3 Å². The fourth-order valence-corrected chi connectivity index (χ4v) is 3.63. The number of pyridine rings is 1. The second-order valence-electron chi connectivity index (χ2n) is 6.43. The van der Waals surface area contributed by atoms with Crippen molar-refractivity contribution in [1.29, 1.82) is 0 Å². The molecule has 4 aromatic rings. The Hall–Kier alpha value is -3.84. The zero-order valence-electron chi connectivity index (χ0n) is 15.9. The van der Waals surface area contributed by atoms with Crippen LogP contribution in [0.5, 0.6) is 0 Å². The number of amides is 2. The Labute approximate surface area is 177 Å². The van der Waals surface area contributed by atoms with Crippen LogP contribution in [-0.2, 0) is 4.79 Å². The summed E-state index contributed by atoms with van der Waals surface area (Å²) in [7, 11) is 0. The molecule has 0 aliphatic heterocycles. The van der Waals surface area contributed by atoms with E-state index in [4.69, 9.17) is 0 Å². The highest BCUT2D eigenvalue weighted by molar-refractivity contribution is 7.13. The molecule has 0 atom stereocenters. The molecule has 4 rings (SSSR count). The van der Waals surface area contributed by atoms with E-state index in [1.54, 1.807) is 36.5 Å². The van der Waals surface area contributed by atoms with Gasteiger partial charge < -0.3 is 10.6 Å². The number of aromatic nitrogens is 2. The summed E-state index contributed by atoms with van der Waals surface area (Å²) in [6, 6.07) is 21.9. The molecule has 2 aromatic carbocycles. The molecule has 7 heteroatoms. The third kappa shape index (κ3) is 4.76. The van der Waals surface area contributed by atoms with Crippen molar-refractivity contribution in [1.82, 2.24) is 15.3 Å². The summed E-state index contributed by atoms with van der Waals surface area (Å²) in [5.41, 5.74) is 3.68. The standard InChI is InChI=1S/C23H18N4O2S/c28-21(14-25-22(29)16-7-2-1-3-8-16)26-18-10-6-9-17(13-18)20-15-30-23(27-20)19-11-4-5-12-24-19/h1-13,15H,14H2,(H,25,29)(H,26,28). The number of thiazole rings is 1. The van der Waals surface area contributed by atoms with E-state index >= 15 is 0 Å². The average molecular weight is 414 g/mol. The minimum atomic E-state index is -0.302. The maximum absolute atomic E-state index is 12.2. The summed E-state index contributed by atoms with van der Waals surface area (Å²) in [6.45, 7) is -0.113. The van der Waals surface area contributed by atoms with E-state index in [-0.39, 0.29) is 18.4 Å². The summed E-state index contributed by atoms with van der Waals surface area (Å²) >= 11 is 1.52. The van der Waals surface area contributed by atoms with Gasteiger partial charge in [0.15, 0.2) is 0 Å². The molecule has 0 saturated carbocycles. The molecule has 0 fully saturated rings. The maximum Gasteiger partial charge on any atom is 0.251 e. The van der Waals surface area contributed by atoms with Gasteiger partial charge in [-0.3, -0.25) is 14.6 Å². The highest BCUT2D eigenvalue weighted by Gasteiger charge is 2.10. The zero-order chi connectivity index (χ0) is 20.8. The fourth-order valence-electron chi connectivity index (χ4n) is 2.83. The van der Waals surface area contributed by atoms with Gasteiger partial charge >= 0.3 is 0 Å². The highest BCUT2D eigenvalue weighted by Crippen LogP contribution is 2.28. The smallest absolute Gasteiger partial charge is 0.251 e. The van der Waals surface area contributed by atoms with Crippen molar-refractivity contribution in [2.75, 3.05) is 11.9 Å². The van der Waals surface area contributed by atoms with Crippen molar-refractivity contribution >= 4 is 28.8 Å². The van der Waals surface area contributed by atoms with Crippen LogP contribution in [0.4, 0.5) is 5.69 Å². The largest absolute Gasteiger partial charge is 0.343 e. The number of nitrogens with zero attached hydrogens (tertiary/aromatic N) is 2. The first kappa shape index (κ1) is 19.5. The van der Waals surface area contributed by atoms with E-state index in [1.165, 1.54) is 11.3 Å². The van der Waals surface area contributed by atoms with Gasteiger partial charge in [0.1, 0.15) is 5.01 Å². The van der Waals surface area contributed by atoms with Crippen LogP contribution in [0.3, 0.4) is 0 Å². The fraction of sp³-hybridized carbons (Fsp3) is 0.0435. The first-order valence-electron chi connectivity index (χ1n) is 9.29. The van der Waals surface area contributed by atoms with Crippen LogP contribution in [0.1, 0.15) is 10.4 Å². The summed E-state index contributed by atoms with van der Waals surface area (Å²) in [4.78, 5) is 33.3. The van der Waals surface area contributed by atoms with Crippen molar-refractivity contribution < 1.29 is 9.59 Å².